The smallest absolute Gasteiger partial charge is 0.230 e. The standard InChI is InChI=1S/C13H11F2N3O2/c1-20-12-6-10(16-7-17-12)18-11(19)5-8-3-2-4-9(14)13(8)15/h2-4,6-7H,5H2,1H3,(H,16,17,18,19). The molecule has 7 heteroatoms. The zero-order valence-corrected chi connectivity index (χ0v) is 10.6. The number of halogens is 2. The number of hydrogen-bond acceptors (Lipinski definition) is 4. The maximum Gasteiger partial charge on any atom is 0.230 e. The van der Waals surface area contributed by atoms with Gasteiger partial charge < -0.3 is 10.1 Å². The molecule has 1 aromatic heterocycles. The summed E-state index contributed by atoms with van der Waals surface area (Å²) in [6.45, 7) is 0. The summed E-state index contributed by atoms with van der Waals surface area (Å²) < 4.78 is 31.3. The fourth-order valence-electron chi connectivity index (χ4n) is 1.56. The molecule has 5 nitrogen and oxygen atoms in total. The Morgan fingerprint density at radius 1 is 1.35 bits per heavy atom. The van der Waals surface area contributed by atoms with Crippen LogP contribution in [0.1, 0.15) is 5.56 Å². The topological polar surface area (TPSA) is 64.1 Å². The highest BCUT2D eigenvalue weighted by atomic mass is 19.2. The molecular formula is C13H11F2N3O2. The zero-order chi connectivity index (χ0) is 14.5. The summed E-state index contributed by atoms with van der Waals surface area (Å²) in [4.78, 5) is 19.3. The Bertz CT molecular complexity index is 635. The number of hydrogen-bond donors (Lipinski definition) is 1. The summed E-state index contributed by atoms with van der Waals surface area (Å²) in [5.41, 5.74) is -0.0245. The third-order valence-corrected chi connectivity index (χ3v) is 2.50. The number of rotatable bonds is 4. The van der Waals surface area contributed by atoms with E-state index in [2.05, 4.69) is 15.3 Å². The van der Waals surface area contributed by atoms with Crippen LogP contribution in [-0.4, -0.2) is 23.0 Å². The fraction of sp³-hybridized carbons (Fsp3) is 0.154. The number of ether oxygens (including phenoxy) is 1. The Kier molecular flexibility index (Phi) is 4.19. The second-order valence-electron chi connectivity index (χ2n) is 3.88. The zero-order valence-electron chi connectivity index (χ0n) is 10.6. The molecule has 0 saturated carbocycles. The predicted molar refractivity (Wildman–Crippen MR) is 67.3 cm³/mol. The summed E-state index contributed by atoms with van der Waals surface area (Å²) in [5.74, 6) is -2.02. The fourth-order valence-corrected chi connectivity index (χ4v) is 1.56. The van der Waals surface area contributed by atoms with Crippen molar-refractivity contribution in [3.05, 3.63) is 47.8 Å². The lowest BCUT2D eigenvalue weighted by Crippen LogP contribution is -2.16. The molecule has 0 radical (unpaired) electrons. The van der Waals surface area contributed by atoms with Crippen molar-refractivity contribution >= 4 is 11.7 Å². The van der Waals surface area contributed by atoms with Crippen LogP contribution in [0.25, 0.3) is 0 Å². The van der Waals surface area contributed by atoms with Gasteiger partial charge in [-0.15, -0.1) is 0 Å². The quantitative estimate of drug-likeness (QED) is 0.929. The number of carbonyl (C=O) groups excluding carboxylic acids is 1. The van der Waals surface area contributed by atoms with Crippen LogP contribution in [0.15, 0.2) is 30.6 Å². The van der Waals surface area contributed by atoms with Crippen molar-refractivity contribution in [3.63, 3.8) is 0 Å². The van der Waals surface area contributed by atoms with Gasteiger partial charge in [0.2, 0.25) is 11.8 Å². The maximum atomic E-state index is 13.4. The first-order valence-corrected chi connectivity index (χ1v) is 5.69. The van der Waals surface area contributed by atoms with Crippen molar-refractivity contribution in [2.45, 2.75) is 6.42 Å². The molecule has 0 aliphatic heterocycles. The molecule has 1 amide bonds. The minimum Gasteiger partial charge on any atom is -0.481 e. The van der Waals surface area contributed by atoms with Crippen molar-refractivity contribution in [1.82, 2.24) is 9.97 Å². The van der Waals surface area contributed by atoms with Crippen LogP contribution in [0, 0.1) is 11.6 Å². The van der Waals surface area contributed by atoms with Crippen LogP contribution in [0.5, 0.6) is 5.88 Å². The maximum absolute atomic E-state index is 13.4. The van der Waals surface area contributed by atoms with E-state index in [1.165, 1.54) is 31.6 Å². The van der Waals surface area contributed by atoms with Gasteiger partial charge in [0.05, 0.1) is 13.5 Å². The van der Waals surface area contributed by atoms with E-state index in [1.807, 2.05) is 0 Å². The van der Waals surface area contributed by atoms with E-state index in [0.29, 0.717) is 0 Å². The normalized spacial score (nSPS) is 10.2. The first-order valence-electron chi connectivity index (χ1n) is 5.69. The summed E-state index contributed by atoms with van der Waals surface area (Å²) in [6.07, 6.45) is 0.924. The van der Waals surface area contributed by atoms with Crippen LogP contribution in [0.2, 0.25) is 0 Å². The van der Waals surface area contributed by atoms with Gasteiger partial charge in [-0.2, -0.15) is 0 Å². The van der Waals surface area contributed by atoms with Crippen molar-refractivity contribution < 1.29 is 18.3 Å². The molecule has 20 heavy (non-hydrogen) atoms. The van der Waals surface area contributed by atoms with Gasteiger partial charge in [-0.05, 0) is 6.07 Å². The molecule has 0 fully saturated rings. The van der Waals surface area contributed by atoms with E-state index in [9.17, 15) is 13.6 Å². The number of nitrogens with one attached hydrogen (secondary N) is 1. The van der Waals surface area contributed by atoms with Crippen LogP contribution < -0.4 is 10.1 Å². The largest absolute Gasteiger partial charge is 0.481 e. The van der Waals surface area contributed by atoms with E-state index in [-0.39, 0.29) is 23.7 Å². The van der Waals surface area contributed by atoms with Gasteiger partial charge in [0.25, 0.3) is 0 Å². The van der Waals surface area contributed by atoms with E-state index in [0.717, 1.165) is 6.07 Å². The van der Waals surface area contributed by atoms with Crippen LogP contribution in [-0.2, 0) is 11.2 Å². The number of benzene rings is 1. The Hall–Kier alpha value is -2.57. The molecule has 104 valence electrons. The average Bonchev–Trinajstić information content (AvgIpc) is 2.44. The third-order valence-electron chi connectivity index (χ3n) is 2.50. The first-order chi connectivity index (χ1) is 9.60. The average molecular weight is 279 g/mol. The molecule has 1 heterocycles. The van der Waals surface area contributed by atoms with Gasteiger partial charge >= 0.3 is 0 Å². The van der Waals surface area contributed by atoms with Crippen LogP contribution >= 0.6 is 0 Å². The number of amides is 1. The Morgan fingerprint density at radius 2 is 2.15 bits per heavy atom. The molecule has 0 aliphatic carbocycles. The minimum atomic E-state index is -1.03. The number of anilines is 1. The van der Waals surface area contributed by atoms with E-state index >= 15 is 0 Å². The molecule has 1 N–H and O–H groups in total. The molecule has 0 aliphatic rings. The third kappa shape index (κ3) is 3.25. The number of nitrogens with zero attached hydrogens (tertiary/aromatic N) is 2. The second kappa shape index (κ2) is 6.05. The van der Waals surface area contributed by atoms with Gasteiger partial charge in [0, 0.05) is 11.6 Å². The van der Waals surface area contributed by atoms with Gasteiger partial charge in [-0.3, -0.25) is 4.79 Å². The number of carbonyl (C=O) groups is 1. The lowest BCUT2D eigenvalue weighted by atomic mass is 10.1. The lowest BCUT2D eigenvalue weighted by molar-refractivity contribution is -0.115. The summed E-state index contributed by atoms with van der Waals surface area (Å²) in [5, 5.41) is 2.45. The Balaban J connectivity index is 2.07. The van der Waals surface area contributed by atoms with Crippen molar-refractivity contribution in [2.24, 2.45) is 0 Å². The predicted octanol–water partition coefficient (Wildman–Crippen LogP) is 1.94. The molecule has 0 unspecified atom stereocenters. The van der Waals surface area contributed by atoms with E-state index < -0.39 is 17.5 Å². The molecule has 0 saturated heterocycles. The molecule has 0 bridgehead atoms. The first kappa shape index (κ1) is 13.9. The molecular weight excluding hydrogens is 268 g/mol. The van der Waals surface area contributed by atoms with Gasteiger partial charge in [-0.25, -0.2) is 18.7 Å². The Labute approximate surface area is 113 Å². The molecule has 2 rings (SSSR count). The summed E-state index contributed by atoms with van der Waals surface area (Å²) >= 11 is 0. The van der Waals surface area contributed by atoms with Crippen molar-refractivity contribution in [2.75, 3.05) is 12.4 Å². The van der Waals surface area contributed by atoms with Crippen LogP contribution in [0.3, 0.4) is 0 Å². The summed E-state index contributed by atoms with van der Waals surface area (Å²) in [6, 6.07) is 5.10. The monoisotopic (exact) mass is 279 g/mol. The highest BCUT2D eigenvalue weighted by Gasteiger charge is 2.12. The van der Waals surface area contributed by atoms with Crippen LogP contribution in [0.4, 0.5) is 14.6 Å². The van der Waals surface area contributed by atoms with Gasteiger partial charge in [-0.1, -0.05) is 12.1 Å². The van der Waals surface area contributed by atoms with Crippen molar-refractivity contribution in [1.29, 1.82) is 0 Å². The van der Waals surface area contributed by atoms with Crippen molar-refractivity contribution in [3.8, 4) is 5.88 Å². The second-order valence-corrected chi connectivity index (χ2v) is 3.88. The summed E-state index contributed by atoms with van der Waals surface area (Å²) in [7, 11) is 1.43. The molecule has 0 spiro atoms. The lowest BCUT2D eigenvalue weighted by Gasteiger charge is -2.06. The molecule has 0 atom stereocenters. The highest BCUT2D eigenvalue weighted by molar-refractivity contribution is 5.91. The Morgan fingerprint density at radius 3 is 2.90 bits per heavy atom. The van der Waals surface area contributed by atoms with Gasteiger partial charge in [0.15, 0.2) is 11.6 Å². The molecule has 1 aromatic carbocycles. The van der Waals surface area contributed by atoms with E-state index in [4.69, 9.17) is 4.74 Å². The minimum absolute atomic E-state index is 0.0245. The molecule has 2 aromatic rings. The SMILES string of the molecule is COc1cc(NC(=O)Cc2cccc(F)c2F)ncn1. The van der Waals surface area contributed by atoms with Gasteiger partial charge in [0.1, 0.15) is 12.1 Å². The number of aromatic nitrogens is 2. The number of methoxy groups -OCH3 is 1. The highest BCUT2D eigenvalue weighted by Crippen LogP contribution is 2.14. The van der Waals surface area contributed by atoms with E-state index in [1.54, 1.807) is 0 Å².